The smallest absolute Gasteiger partial charge is 0.111 e. The maximum absolute atomic E-state index is 9.09. The van der Waals surface area contributed by atoms with Gasteiger partial charge in [0.25, 0.3) is 0 Å². The van der Waals surface area contributed by atoms with E-state index in [9.17, 15) is 0 Å². The lowest BCUT2D eigenvalue weighted by Crippen LogP contribution is -2.07. The van der Waals surface area contributed by atoms with Crippen LogP contribution in [0.2, 0.25) is 0 Å². The summed E-state index contributed by atoms with van der Waals surface area (Å²) in [5, 5.41) is 17.2. The van der Waals surface area contributed by atoms with Gasteiger partial charge in [-0.3, -0.25) is 0 Å². The minimum Gasteiger partial charge on any atom is -0.390 e. The lowest BCUT2D eigenvalue weighted by atomic mass is 10.2. The molecular weight excluding hydrogens is 178 g/mol. The molecule has 4 nitrogen and oxygen atoms in total. The summed E-state index contributed by atoms with van der Waals surface area (Å²) in [6.07, 6.45) is 4.68. The Labute approximate surface area is 83.9 Å². The minimum atomic E-state index is 0.0139. The second-order valence-corrected chi connectivity index (χ2v) is 4.02. The van der Waals surface area contributed by atoms with E-state index < -0.39 is 0 Å². The van der Waals surface area contributed by atoms with Crippen LogP contribution < -0.4 is 0 Å². The molecule has 4 heteroatoms. The third-order valence-corrected chi connectivity index (χ3v) is 2.68. The molecule has 1 heterocycles. The molecule has 0 spiro atoms. The van der Waals surface area contributed by atoms with Crippen molar-refractivity contribution in [1.29, 1.82) is 0 Å². The van der Waals surface area contributed by atoms with Gasteiger partial charge < -0.3 is 5.11 Å². The van der Waals surface area contributed by atoms with Gasteiger partial charge in [0, 0.05) is 6.54 Å². The molecule has 1 aromatic rings. The Kier molecular flexibility index (Phi) is 2.82. The molecule has 2 rings (SSSR count). The highest BCUT2D eigenvalue weighted by atomic mass is 16.3. The molecule has 0 bridgehead atoms. The van der Waals surface area contributed by atoms with Crippen LogP contribution in [0.1, 0.15) is 37.6 Å². The average Bonchev–Trinajstić information content (AvgIpc) is 2.91. The van der Waals surface area contributed by atoms with E-state index >= 15 is 0 Å². The first-order valence-electron chi connectivity index (χ1n) is 5.37. The van der Waals surface area contributed by atoms with Gasteiger partial charge in [-0.2, -0.15) is 0 Å². The van der Waals surface area contributed by atoms with E-state index in [0.29, 0.717) is 0 Å². The van der Waals surface area contributed by atoms with Gasteiger partial charge in [0.1, 0.15) is 5.69 Å². The van der Waals surface area contributed by atoms with Crippen molar-refractivity contribution in [2.75, 3.05) is 0 Å². The molecule has 1 aliphatic carbocycles. The highest BCUT2D eigenvalue weighted by Gasteiger charge is 2.24. The summed E-state index contributed by atoms with van der Waals surface area (Å²) in [4.78, 5) is 0. The molecule has 1 N–H and O–H groups in total. The first-order chi connectivity index (χ1) is 6.85. The number of aliphatic hydroxyl groups is 1. The number of aliphatic hydroxyl groups excluding tert-OH is 1. The van der Waals surface area contributed by atoms with Crippen molar-refractivity contribution in [2.45, 2.75) is 45.8 Å². The Balaban J connectivity index is 2.14. The Hall–Kier alpha value is -0.900. The SMILES string of the molecule is CCCc1c(CO)nnn1CC1CC1. The largest absolute Gasteiger partial charge is 0.390 e. The van der Waals surface area contributed by atoms with Gasteiger partial charge in [0.05, 0.1) is 12.3 Å². The van der Waals surface area contributed by atoms with Crippen LogP contribution in [0.3, 0.4) is 0 Å². The minimum absolute atomic E-state index is 0.0139. The molecule has 1 aromatic heterocycles. The summed E-state index contributed by atoms with van der Waals surface area (Å²) in [5.74, 6) is 0.804. The van der Waals surface area contributed by atoms with Gasteiger partial charge in [-0.15, -0.1) is 5.10 Å². The second kappa shape index (κ2) is 4.09. The molecule has 14 heavy (non-hydrogen) atoms. The van der Waals surface area contributed by atoms with E-state index in [1.54, 1.807) is 0 Å². The first-order valence-corrected chi connectivity index (χ1v) is 5.37. The number of hydrogen-bond acceptors (Lipinski definition) is 3. The van der Waals surface area contributed by atoms with Crippen LogP contribution in [0.5, 0.6) is 0 Å². The summed E-state index contributed by atoms with van der Waals surface area (Å²) in [6.45, 7) is 3.14. The molecule has 1 fully saturated rings. The third kappa shape index (κ3) is 1.95. The predicted octanol–water partition coefficient (Wildman–Crippen LogP) is 1.13. The fourth-order valence-corrected chi connectivity index (χ4v) is 1.69. The fourth-order valence-electron chi connectivity index (χ4n) is 1.69. The summed E-state index contributed by atoms with van der Waals surface area (Å²) < 4.78 is 1.98. The Morgan fingerprint density at radius 2 is 2.29 bits per heavy atom. The van der Waals surface area contributed by atoms with Crippen LogP contribution in [0.25, 0.3) is 0 Å². The van der Waals surface area contributed by atoms with E-state index in [0.717, 1.165) is 36.7 Å². The van der Waals surface area contributed by atoms with E-state index in [1.807, 2.05) is 4.68 Å². The number of aromatic nitrogens is 3. The Bertz CT molecular complexity index is 304. The number of hydrogen-bond donors (Lipinski definition) is 1. The molecule has 0 aromatic carbocycles. The maximum Gasteiger partial charge on any atom is 0.111 e. The first kappa shape index (κ1) is 9.65. The van der Waals surface area contributed by atoms with Crippen molar-refractivity contribution < 1.29 is 5.11 Å². The van der Waals surface area contributed by atoms with Crippen molar-refractivity contribution >= 4 is 0 Å². The molecule has 0 aliphatic heterocycles. The molecular formula is C10H17N3O. The van der Waals surface area contributed by atoms with Crippen molar-refractivity contribution in [1.82, 2.24) is 15.0 Å². The number of nitrogens with zero attached hydrogens (tertiary/aromatic N) is 3. The summed E-state index contributed by atoms with van der Waals surface area (Å²) >= 11 is 0. The fraction of sp³-hybridized carbons (Fsp3) is 0.800. The van der Waals surface area contributed by atoms with Crippen molar-refractivity contribution in [3.8, 4) is 0 Å². The van der Waals surface area contributed by atoms with E-state index in [4.69, 9.17) is 5.11 Å². The monoisotopic (exact) mass is 195 g/mol. The average molecular weight is 195 g/mol. The Morgan fingerprint density at radius 1 is 1.50 bits per heavy atom. The van der Waals surface area contributed by atoms with Crippen LogP contribution >= 0.6 is 0 Å². The zero-order chi connectivity index (χ0) is 9.97. The molecule has 78 valence electrons. The van der Waals surface area contributed by atoms with Gasteiger partial charge in [-0.1, -0.05) is 18.6 Å². The van der Waals surface area contributed by atoms with Crippen LogP contribution in [0.15, 0.2) is 0 Å². The van der Waals surface area contributed by atoms with Crippen molar-refractivity contribution in [3.63, 3.8) is 0 Å². The quantitative estimate of drug-likeness (QED) is 0.766. The van der Waals surface area contributed by atoms with Crippen LogP contribution in [-0.4, -0.2) is 20.1 Å². The molecule has 0 radical (unpaired) electrons. The maximum atomic E-state index is 9.09. The van der Waals surface area contributed by atoms with Crippen molar-refractivity contribution in [2.24, 2.45) is 5.92 Å². The van der Waals surface area contributed by atoms with Crippen LogP contribution in [-0.2, 0) is 19.6 Å². The Morgan fingerprint density at radius 3 is 2.86 bits per heavy atom. The van der Waals surface area contributed by atoms with Crippen LogP contribution in [0.4, 0.5) is 0 Å². The lowest BCUT2D eigenvalue weighted by Gasteiger charge is -2.04. The molecule has 1 saturated carbocycles. The summed E-state index contributed by atoms with van der Waals surface area (Å²) in [6, 6.07) is 0. The zero-order valence-electron chi connectivity index (χ0n) is 8.61. The van der Waals surface area contributed by atoms with Gasteiger partial charge in [-0.25, -0.2) is 4.68 Å². The topological polar surface area (TPSA) is 50.9 Å². The van der Waals surface area contributed by atoms with Gasteiger partial charge in [0.2, 0.25) is 0 Å². The zero-order valence-corrected chi connectivity index (χ0v) is 8.61. The molecule has 1 aliphatic rings. The molecule has 0 atom stereocenters. The summed E-state index contributed by atoms with van der Waals surface area (Å²) in [5.41, 5.74) is 1.88. The van der Waals surface area contributed by atoms with Crippen molar-refractivity contribution in [3.05, 3.63) is 11.4 Å². The standard InChI is InChI=1S/C10H17N3O/c1-2-3-10-9(7-14)11-12-13(10)6-8-4-5-8/h8,14H,2-7H2,1H3. The molecule has 0 saturated heterocycles. The van der Waals surface area contributed by atoms with E-state index in [2.05, 4.69) is 17.2 Å². The van der Waals surface area contributed by atoms with Crippen LogP contribution in [0, 0.1) is 5.92 Å². The molecule has 0 amide bonds. The van der Waals surface area contributed by atoms with E-state index in [-0.39, 0.29) is 6.61 Å². The van der Waals surface area contributed by atoms with Gasteiger partial charge in [-0.05, 0) is 25.2 Å². The second-order valence-electron chi connectivity index (χ2n) is 4.02. The third-order valence-electron chi connectivity index (χ3n) is 2.68. The predicted molar refractivity (Wildman–Crippen MR) is 52.7 cm³/mol. The number of rotatable bonds is 5. The highest BCUT2D eigenvalue weighted by molar-refractivity contribution is 5.09. The summed E-state index contributed by atoms with van der Waals surface area (Å²) in [7, 11) is 0. The molecule has 0 unspecified atom stereocenters. The van der Waals surface area contributed by atoms with Gasteiger partial charge in [0.15, 0.2) is 0 Å². The highest BCUT2D eigenvalue weighted by Crippen LogP contribution is 2.30. The van der Waals surface area contributed by atoms with Gasteiger partial charge >= 0.3 is 0 Å². The van der Waals surface area contributed by atoms with E-state index in [1.165, 1.54) is 12.8 Å². The normalized spacial score (nSPS) is 16.1. The lowest BCUT2D eigenvalue weighted by molar-refractivity contribution is 0.275.